The minimum atomic E-state index is -0.742. The second kappa shape index (κ2) is 9.66. The number of hydrogen-bond acceptors (Lipinski definition) is 5. The van der Waals surface area contributed by atoms with Crippen LogP contribution in [0, 0.1) is 6.92 Å². The molecule has 0 saturated heterocycles. The van der Waals surface area contributed by atoms with E-state index in [4.69, 9.17) is 4.74 Å². The fourth-order valence-corrected chi connectivity index (χ4v) is 2.75. The zero-order valence-electron chi connectivity index (χ0n) is 17.3. The molecule has 2 atom stereocenters. The summed E-state index contributed by atoms with van der Waals surface area (Å²) in [4.78, 5) is 17.9. The van der Waals surface area contributed by atoms with Crippen LogP contribution >= 0.6 is 0 Å². The fourth-order valence-electron chi connectivity index (χ4n) is 2.75. The Kier molecular flexibility index (Phi) is 7.54. The Labute approximate surface area is 167 Å². The third-order valence-corrected chi connectivity index (χ3v) is 4.14. The van der Waals surface area contributed by atoms with Crippen LogP contribution in [0.2, 0.25) is 0 Å². The lowest BCUT2D eigenvalue weighted by Gasteiger charge is -2.27. The van der Waals surface area contributed by atoms with E-state index in [9.17, 15) is 9.90 Å². The topological polar surface area (TPSA) is 74.7 Å². The van der Waals surface area contributed by atoms with Crippen molar-refractivity contribution in [1.82, 2.24) is 15.2 Å². The van der Waals surface area contributed by atoms with E-state index in [1.165, 1.54) is 10.5 Å². The van der Waals surface area contributed by atoms with E-state index in [0.717, 1.165) is 11.3 Å². The molecule has 0 fully saturated rings. The Morgan fingerprint density at radius 3 is 2.46 bits per heavy atom. The summed E-state index contributed by atoms with van der Waals surface area (Å²) < 4.78 is 5.32. The molecule has 0 bridgehead atoms. The van der Waals surface area contributed by atoms with Gasteiger partial charge in [0.25, 0.3) is 0 Å². The molecule has 2 unspecified atom stereocenters. The van der Waals surface area contributed by atoms with Crippen LogP contribution in [0.1, 0.15) is 43.6 Å². The van der Waals surface area contributed by atoms with Crippen LogP contribution in [0.5, 0.6) is 0 Å². The van der Waals surface area contributed by atoms with E-state index < -0.39 is 17.8 Å². The highest BCUT2D eigenvalue weighted by Crippen LogP contribution is 2.20. The van der Waals surface area contributed by atoms with Gasteiger partial charge in [-0.1, -0.05) is 35.9 Å². The normalized spacial score (nSPS) is 13.6. The molecule has 2 rings (SSSR count). The van der Waals surface area contributed by atoms with Crippen molar-refractivity contribution < 1.29 is 14.6 Å². The van der Waals surface area contributed by atoms with Crippen molar-refractivity contribution in [2.45, 2.75) is 45.4 Å². The number of nitrogens with zero attached hydrogens (tertiary/aromatic N) is 2. The smallest absolute Gasteiger partial charge is 0.410 e. The lowest BCUT2D eigenvalue weighted by molar-refractivity contribution is 0.0206. The Bertz CT molecular complexity index is 742. The number of carbonyl (C=O) groups is 1. The number of aliphatic hydroxyl groups excluding tert-OH is 1. The fraction of sp³-hybridized carbons (Fsp3) is 0.455. The Balaban J connectivity index is 2.01. The van der Waals surface area contributed by atoms with E-state index in [0.29, 0.717) is 6.54 Å². The molecule has 1 aromatic carbocycles. The average Bonchev–Trinajstić information content (AvgIpc) is 2.62. The van der Waals surface area contributed by atoms with Gasteiger partial charge in [-0.2, -0.15) is 0 Å². The van der Waals surface area contributed by atoms with Crippen LogP contribution in [0.4, 0.5) is 4.79 Å². The maximum absolute atomic E-state index is 12.1. The minimum Gasteiger partial charge on any atom is -0.444 e. The van der Waals surface area contributed by atoms with Gasteiger partial charge in [0.1, 0.15) is 5.60 Å². The van der Waals surface area contributed by atoms with Gasteiger partial charge in [-0.15, -0.1) is 0 Å². The molecule has 6 heteroatoms. The molecular weight excluding hydrogens is 354 g/mol. The number of amides is 1. The minimum absolute atomic E-state index is 0.150. The van der Waals surface area contributed by atoms with Crippen LogP contribution in [-0.4, -0.2) is 52.9 Å². The molecule has 2 N–H and O–H groups in total. The number of likely N-dealkylation sites (N-methyl/N-ethyl adjacent to an activating group) is 1. The van der Waals surface area contributed by atoms with Gasteiger partial charge < -0.3 is 20.1 Å². The number of carbonyl (C=O) groups excluding carboxylic acids is 1. The van der Waals surface area contributed by atoms with Crippen LogP contribution < -0.4 is 5.32 Å². The summed E-state index contributed by atoms with van der Waals surface area (Å²) in [6.45, 7) is 7.97. The number of hydrogen-bond donors (Lipinski definition) is 2. The summed E-state index contributed by atoms with van der Waals surface area (Å²) in [5.74, 6) is 0. The molecule has 0 aliphatic carbocycles. The molecule has 6 nitrogen and oxygen atoms in total. The van der Waals surface area contributed by atoms with E-state index in [2.05, 4.69) is 34.6 Å². The van der Waals surface area contributed by atoms with E-state index >= 15 is 0 Å². The second-order valence-corrected chi connectivity index (χ2v) is 8.02. The highest BCUT2D eigenvalue weighted by atomic mass is 16.6. The summed E-state index contributed by atoms with van der Waals surface area (Å²) in [5.41, 5.74) is 2.56. The van der Waals surface area contributed by atoms with Gasteiger partial charge in [-0.25, -0.2) is 4.79 Å². The largest absolute Gasteiger partial charge is 0.444 e. The van der Waals surface area contributed by atoms with Gasteiger partial charge >= 0.3 is 6.09 Å². The number of aryl methyl sites for hydroxylation is 1. The number of aromatic nitrogens is 1. The molecule has 2 aromatic rings. The van der Waals surface area contributed by atoms with Crippen molar-refractivity contribution in [1.29, 1.82) is 0 Å². The highest BCUT2D eigenvalue weighted by molar-refractivity contribution is 5.67. The number of ether oxygens (including phenoxy) is 1. The van der Waals surface area contributed by atoms with Crippen LogP contribution in [0.25, 0.3) is 0 Å². The molecule has 1 amide bonds. The SMILES string of the molecule is Cc1ccc(C(NCC(O)CN(C)C(=O)OC(C)(C)C)c2ccccn2)cc1. The highest BCUT2D eigenvalue weighted by Gasteiger charge is 2.22. The average molecular weight is 386 g/mol. The third kappa shape index (κ3) is 6.94. The van der Waals surface area contributed by atoms with Gasteiger partial charge in [-0.05, 0) is 45.4 Å². The molecule has 0 aliphatic rings. The quantitative estimate of drug-likeness (QED) is 0.765. The van der Waals surface area contributed by atoms with Gasteiger partial charge in [-0.3, -0.25) is 4.98 Å². The van der Waals surface area contributed by atoms with Crippen molar-refractivity contribution in [2.75, 3.05) is 20.1 Å². The lowest BCUT2D eigenvalue weighted by atomic mass is 10.0. The molecule has 1 heterocycles. The summed E-state index contributed by atoms with van der Waals surface area (Å²) in [6, 6.07) is 13.8. The van der Waals surface area contributed by atoms with E-state index in [1.807, 2.05) is 45.9 Å². The first-order valence-corrected chi connectivity index (χ1v) is 9.49. The van der Waals surface area contributed by atoms with Crippen molar-refractivity contribution in [3.8, 4) is 0 Å². The Morgan fingerprint density at radius 1 is 1.21 bits per heavy atom. The van der Waals surface area contributed by atoms with Crippen LogP contribution in [0.3, 0.4) is 0 Å². The Morgan fingerprint density at radius 2 is 1.89 bits per heavy atom. The molecule has 0 spiro atoms. The molecular formula is C22H31N3O3. The first-order chi connectivity index (χ1) is 13.2. The predicted octanol–water partition coefficient (Wildman–Crippen LogP) is 3.30. The zero-order valence-corrected chi connectivity index (χ0v) is 17.3. The molecule has 152 valence electrons. The standard InChI is InChI=1S/C22H31N3O3/c1-16-9-11-17(12-10-16)20(19-8-6-7-13-23-19)24-14-18(26)15-25(5)21(27)28-22(2,3)4/h6-13,18,20,24,26H,14-15H2,1-5H3. The first-order valence-electron chi connectivity index (χ1n) is 9.49. The van der Waals surface area contributed by atoms with E-state index in [-0.39, 0.29) is 12.6 Å². The summed E-state index contributed by atoms with van der Waals surface area (Å²) in [5, 5.41) is 13.8. The van der Waals surface area contributed by atoms with Gasteiger partial charge in [0.2, 0.25) is 0 Å². The lowest BCUT2D eigenvalue weighted by Crippen LogP contribution is -2.42. The van der Waals surface area contributed by atoms with Crippen molar-refractivity contribution in [2.24, 2.45) is 0 Å². The first kappa shape index (κ1) is 21.9. The maximum Gasteiger partial charge on any atom is 0.410 e. The number of pyridine rings is 1. The van der Waals surface area contributed by atoms with Crippen molar-refractivity contribution in [3.63, 3.8) is 0 Å². The number of nitrogens with one attached hydrogen (secondary N) is 1. The number of aliphatic hydroxyl groups is 1. The van der Waals surface area contributed by atoms with Gasteiger partial charge in [0.05, 0.1) is 24.4 Å². The monoisotopic (exact) mass is 385 g/mol. The molecule has 0 radical (unpaired) electrons. The maximum atomic E-state index is 12.1. The number of rotatable bonds is 7. The van der Waals surface area contributed by atoms with Crippen molar-refractivity contribution >= 4 is 6.09 Å². The molecule has 1 aromatic heterocycles. The molecule has 28 heavy (non-hydrogen) atoms. The Hall–Kier alpha value is -2.44. The summed E-state index contributed by atoms with van der Waals surface area (Å²) >= 11 is 0. The number of benzene rings is 1. The summed E-state index contributed by atoms with van der Waals surface area (Å²) in [7, 11) is 1.62. The van der Waals surface area contributed by atoms with Crippen molar-refractivity contribution in [3.05, 3.63) is 65.5 Å². The van der Waals surface area contributed by atoms with Crippen LogP contribution in [0.15, 0.2) is 48.7 Å². The summed E-state index contributed by atoms with van der Waals surface area (Å²) in [6.07, 6.45) is 0.561. The third-order valence-electron chi connectivity index (χ3n) is 4.14. The van der Waals surface area contributed by atoms with Gasteiger partial charge in [0, 0.05) is 19.8 Å². The molecule has 0 saturated carbocycles. The van der Waals surface area contributed by atoms with Crippen LogP contribution in [-0.2, 0) is 4.74 Å². The van der Waals surface area contributed by atoms with Gasteiger partial charge in [0.15, 0.2) is 0 Å². The van der Waals surface area contributed by atoms with E-state index in [1.54, 1.807) is 13.2 Å². The second-order valence-electron chi connectivity index (χ2n) is 8.02. The zero-order chi connectivity index (χ0) is 20.7. The predicted molar refractivity (Wildman–Crippen MR) is 110 cm³/mol. The molecule has 0 aliphatic heterocycles.